The number of rotatable bonds is 3. The number of halogens is 1. The minimum absolute atomic E-state index is 0.163. The molecule has 0 aliphatic heterocycles. The summed E-state index contributed by atoms with van der Waals surface area (Å²) in [7, 11) is 0. The van der Waals surface area contributed by atoms with Gasteiger partial charge in [-0.15, -0.1) is 0 Å². The molecule has 0 unspecified atom stereocenters. The number of aryl methyl sites for hydroxylation is 1. The number of carbonyl (C=O) groups is 1. The third-order valence-corrected chi connectivity index (χ3v) is 4.38. The molecular weight excluding hydrogens is 290 g/mol. The Morgan fingerprint density at radius 3 is 2.61 bits per heavy atom. The van der Waals surface area contributed by atoms with E-state index in [0.29, 0.717) is 6.04 Å². The average Bonchev–Trinajstić information content (AvgIpc) is 2.83. The van der Waals surface area contributed by atoms with Crippen molar-refractivity contribution in [1.82, 2.24) is 4.90 Å². The minimum Gasteiger partial charge on any atom is -0.336 e. The lowest BCUT2D eigenvalue weighted by molar-refractivity contribution is 0.0692. The zero-order valence-corrected chi connectivity index (χ0v) is 12.7. The number of hydrogen-bond acceptors (Lipinski definition) is 1. The van der Waals surface area contributed by atoms with Crippen LogP contribution < -0.4 is 0 Å². The van der Waals surface area contributed by atoms with Crippen LogP contribution in [0.2, 0.25) is 0 Å². The second-order valence-electron chi connectivity index (χ2n) is 5.01. The van der Waals surface area contributed by atoms with Crippen molar-refractivity contribution in [2.24, 2.45) is 0 Å². The Morgan fingerprint density at radius 2 is 2.06 bits per heavy atom. The fourth-order valence-corrected chi connectivity index (χ4v) is 3.39. The molecule has 18 heavy (non-hydrogen) atoms. The third-order valence-electron chi connectivity index (χ3n) is 3.72. The van der Waals surface area contributed by atoms with E-state index in [1.165, 1.54) is 18.4 Å². The molecule has 0 N–H and O–H groups in total. The summed E-state index contributed by atoms with van der Waals surface area (Å²) >= 11 is 3.51. The molecule has 2 nitrogen and oxygen atoms in total. The van der Waals surface area contributed by atoms with Crippen molar-refractivity contribution in [3.8, 4) is 0 Å². The van der Waals surface area contributed by atoms with E-state index >= 15 is 0 Å². The Labute approximate surface area is 117 Å². The zero-order chi connectivity index (χ0) is 13.1. The van der Waals surface area contributed by atoms with Gasteiger partial charge >= 0.3 is 0 Å². The van der Waals surface area contributed by atoms with Gasteiger partial charge in [-0.2, -0.15) is 0 Å². The third kappa shape index (κ3) is 2.77. The van der Waals surface area contributed by atoms with Crippen LogP contribution in [-0.2, 0) is 0 Å². The normalized spacial score (nSPS) is 15.9. The van der Waals surface area contributed by atoms with Crippen LogP contribution in [0.15, 0.2) is 22.7 Å². The summed E-state index contributed by atoms with van der Waals surface area (Å²) in [5.74, 6) is 0.163. The molecule has 1 amide bonds. The van der Waals surface area contributed by atoms with Crippen molar-refractivity contribution in [1.29, 1.82) is 0 Å². The van der Waals surface area contributed by atoms with Gasteiger partial charge in [0, 0.05) is 17.1 Å². The van der Waals surface area contributed by atoms with Crippen LogP contribution in [0, 0.1) is 6.92 Å². The van der Waals surface area contributed by atoms with Crippen LogP contribution in [0.3, 0.4) is 0 Å². The summed E-state index contributed by atoms with van der Waals surface area (Å²) in [5.41, 5.74) is 1.96. The second-order valence-corrected chi connectivity index (χ2v) is 5.87. The van der Waals surface area contributed by atoms with Gasteiger partial charge in [0.15, 0.2) is 0 Å². The highest BCUT2D eigenvalue weighted by atomic mass is 79.9. The summed E-state index contributed by atoms with van der Waals surface area (Å²) in [6.45, 7) is 4.90. The molecule has 0 radical (unpaired) electrons. The standard InChI is InChI=1S/C15H20BrNO/c1-3-17(12-6-4-5-7-12)15(18)13-9-8-11(2)10-14(13)16/h8-10,12H,3-7H2,1-2H3. The maximum atomic E-state index is 12.6. The molecule has 1 aromatic rings. The van der Waals surface area contributed by atoms with Crippen LogP contribution in [0.25, 0.3) is 0 Å². The van der Waals surface area contributed by atoms with E-state index < -0.39 is 0 Å². The Morgan fingerprint density at radius 1 is 1.39 bits per heavy atom. The van der Waals surface area contributed by atoms with Crippen LogP contribution in [0.1, 0.15) is 48.5 Å². The van der Waals surface area contributed by atoms with E-state index in [1.54, 1.807) is 0 Å². The van der Waals surface area contributed by atoms with Crippen molar-refractivity contribution < 1.29 is 4.79 Å². The van der Waals surface area contributed by atoms with Crippen LogP contribution in [0.5, 0.6) is 0 Å². The maximum Gasteiger partial charge on any atom is 0.255 e. The molecule has 1 saturated carbocycles. The maximum absolute atomic E-state index is 12.6. The van der Waals surface area contributed by atoms with Gasteiger partial charge in [-0.1, -0.05) is 18.9 Å². The summed E-state index contributed by atoms with van der Waals surface area (Å²) in [5, 5.41) is 0. The Kier molecular flexibility index (Phi) is 4.44. The van der Waals surface area contributed by atoms with Gasteiger partial charge in [-0.05, 0) is 60.3 Å². The highest BCUT2D eigenvalue weighted by Gasteiger charge is 2.26. The summed E-state index contributed by atoms with van der Waals surface area (Å²) < 4.78 is 0.906. The summed E-state index contributed by atoms with van der Waals surface area (Å²) in [4.78, 5) is 14.6. The predicted octanol–water partition coefficient (Wildman–Crippen LogP) is 4.16. The molecule has 0 bridgehead atoms. The molecule has 0 spiro atoms. The smallest absolute Gasteiger partial charge is 0.255 e. The Bertz CT molecular complexity index is 438. The highest BCUT2D eigenvalue weighted by Crippen LogP contribution is 2.27. The average molecular weight is 310 g/mol. The molecule has 98 valence electrons. The molecule has 1 aliphatic rings. The van der Waals surface area contributed by atoms with Gasteiger partial charge in [-0.3, -0.25) is 4.79 Å². The van der Waals surface area contributed by atoms with Gasteiger partial charge in [0.25, 0.3) is 5.91 Å². The largest absolute Gasteiger partial charge is 0.336 e. The van der Waals surface area contributed by atoms with E-state index in [2.05, 4.69) is 22.9 Å². The molecule has 1 fully saturated rings. The second kappa shape index (κ2) is 5.87. The molecule has 2 rings (SSSR count). The summed E-state index contributed by atoms with van der Waals surface area (Å²) in [6, 6.07) is 6.38. The van der Waals surface area contributed by atoms with Gasteiger partial charge in [0.05, 0.1) is 5.56 Å². The Balaban J connectivity index is 2.22. The van der Waals surface area contributed by atoms with E-state index in [4.69, 9.17) is 0 Å². The van der Waals surface area contributed by atoms with Crippen molar-refractivity contribution in [2.45, 2.75) is 45.6 Å². The molecular formula is C15H20BrNO. The van der Waals surface area contributed by atoms with E-state index in [9.17, 15) is 4.79 Å². The van der Waals surface area contributed by atoms with Gasteiger partial charge in [-0.25, -0.2) is 0 Å². The highest BCUT2D eigenvalue weighted by molar-refractivity contribution is 9.10. The molecule has 0 saturated heterocycles. The molecule has 0 atom stereocenters. The van der Waals surface area contributed by atoms with Gasteiger partial charge in [0.1, 0.15) is 0 Å². The van der Waals surface area contributed by atoms with Crippen molar-refractivity contribution in [3.63, 3.8) is 0 Å². The predicted molar refractivity (Wildman–Crippen MR) is 77.8 cm³/mol. The fraction of sp³-hybridized carbons (Fsp3) is 0.533. The zero-order valence-electron chi connectivity index (χ0n) is 11.1. The first-order valence-corrected chi connectivity index (χ1v) is 7.50. The molecule has 1 aromatic carbocycles. The number of hydrogen-bond donors (Lipinski definition) is 0. The molecule has 1 aliphatic carbocycles. The quantitative estimate of drug-likeness (QED) is 0.821. The van der Waals surface area contributed by atoms with Crippen LogP contribution in [0.4, 0.5) is 0 Å². The van der Waals surface area contributed by atoms with E-state index in [-0.39, 0.29) is 5.91 Å². The Hall–Kier alpha value is -0.830. The first-order chi connectivity index (χ1) is 8.63. The number of nitrogens with zero attached hydrogens (tertiary/aromatic N) is 1. The van der Waals surface area contributed by atoms with Crippen molar-refractivity contribution in [3.05, 3.63) is 33.8 Å². The SMILES string of the molecule is CCN(C(=O)c1ccc(C)cc1Br)C1CCCC1. The summed E-state index contributed by atoms with van der Waals surface area (Å²) in [6.07, 6.45) is 4.82. The lowest BCUT2D eigenvalue weighted by Gasteiger charge is -2.28. The van der Waals surface area contributed by atoms with Crippen molar-refractivity contribution in [2.75, 3.05) is 6.54 Å². The van der Waals surface area contributed by atoms with Crippen LogP contribution in [-0.4, -0.2) is 23.4 Å². The molecule has 3 heteroatoms. The number of benzene rings is 1. The van der Waals surface area contributed by atoms with Gasteiger partial charge < -0.3 is 4.90 Å². The fourth-order valence-electron chi connectivity index (χ4n) is 2.73. The van der Waals surface area contributed by atoms with E-state index in [1.807, 2.05) is 30.0 Å². The van der Waals surface area contributed by atoms with Crippen LogP contribution >= 0.6 is 15.9 Å². The van der Waals surface area contributed by atoms with Gasteiger partial charge in [0.2, 0.25) is 0 Å². The lowest BCUT2D eigenvalue weighted by Crippen LogP contribution is -2.38. The van der Waals surface area contributed by atoms with Crippen molar-refractivity contribution >= 4 is 21.8 Å². The first kappa shape index (κ1) is 13.6. The topological polar surface area (TPSA) is 20.3 Å². The van der Waals surface area contributed by atoms with E-state index in [0.717, 1.165) is 29.4 Å². The monoisotopic (exact) mass is 309 g/mol. The lowest BCUT2D eigenvalue weighted by atomic mass is 10.1. The minimum atomic E-state index is 0.163. The molecule has 0 heterocycles. The molecule has 0 aromatic heterocycles. The first-order valence-electron chi connectivity index (χ1n) is 6.70. The number of carbonyl (C=O) groups excluding carboxylic acids is 1. The number of amides is 1.